The van der Waals surface area contributed by atoms with Crippen molar-refractivity contribution in [1.82, 2.24) is 5.32 Å². The van der Waals surface area contributed by atoms with E-state index in [4.69, 9.17) is 4.42 Å². The molecule has 0 aliphatic heterocycles. The van der Waals surface area contributed by atoms with Crippen LogP contribution in [0, 0.1) is 13.8 Å². The molecule has 1 aromatic carbocycles. The molecule has 1 heterocycles. The van der Waals surface area contributed by atoms with Crippen LogP contribution in [0.15, 0.2) is 22.6 Å². The molecule has 0 bridgehead atoms. The molecule has 0 spiro atoms. The molecular formula is C16H17NO4. The van der Waals surface area contributed by atoms with Crippen molar-refractivity contribution in [3.8, 4) is 0 Å². The minimum absolute atomic E-state index is 0.155. The monoisotopic (exact) mass is 287 g/mol. The van der Waals surface area contributed by atoms with Crippen LogP contribution in [0.3, 0.4) is 0 Å². The van der Waals surface area contributed by atoms with Gasteiger partial charge in [-0.1, -0.05) is 0 Å². The summed E-state index contributed by atoms with van der Waals surface area (Å²) >= 11 is 0. The number of aliphatic carboxylic acids is 1. The highest BCUT2D eigenvalue weighted by Crippen LogP contribution is 2.33. The number of nitrogens with one attached hydrogen (secondary N) is 1. The van der Waals surface area contributed by atoms with Gasteiger partial charge in [-0.15, -0.1) is 0 Å². The maximum Gasteiger partial charge on any atom is 0.329 e. The quantitative estimate of drug-likeness (QED) is 0.909. The third-order valence-corrected chi connectivity index (χ3v) is 4.33. The molecule has 3 rings (SSSR count). The summed E-state index contributed by atoms with van der Waals surface area (Å²) in [5, 5.41) is 12.7. The summed E-state index contributed by atoms with van der Waals surface area (Å²) in [6.07, 6.45) is 1.74. The molecule has 0 saturated heterocycles. The first-order chi connectivity index (χ1) is 9.91. The third-order valence-electron chi connectivity index (χ3n) is 4.33. The average molecular weight is 287 g/mol. The molecule has 1 aliphatic carbocycles. The molecule has 1 fully saturated rings. The Morgan fingerprint density at radius 3 is 2.43 bits per heavy atom. The number of carboxylic acids is 1. The van der Waals surface area contributed by atoms with E-state index in [1.54, 1.807) is 6.07 Å². The topological polar surface area (TPSA) is 79.5 Å². The van der Waals surface area contributed by atoms with E-state index >= 15 is 0 Å². The van der Waals surface area contributed by atoms with Crippen LogP contribution in [0.4, 0.5) is 0 Å². The molecule has 1 amide bonds. The Balaban J connectivity index is 1.90. The number of carbonyl (C=O) groups is 2. The number of furan rings is 1. The molecule has 5 nitrogen and oxygen atoms in total. The van der Waals surface area contributed by atoms with Gasteiger partial charge in [0.05, 0.1) is 0 Å². The maximum absolute atomic E-state index is 12.2. The van der Waals surface area contributed by atoms with Crippen molar-refractivity contribution in [1.29, 1.82) is 0 Å². The smallest absolute Gasteiger partial charge is 0.329 e. The number of hydrogen-bond donors (Lipinski definition) is 2. The van der Waals surface area contributed by atoms with E-state index in [1.807, 2.05) is 26.0 Å². The summed E-state index contributed by atoms with van der Waals surface area (Å²) in [7, 11) is 0. The first-order valence-electron chi connectivity index (χ1n) is 6.98. The lowest BCUT2D eigenvalue weighted by atomic mass is 9.76. The Bertz CT molecular complexity index is 701. The van der Waals surface area contributed by atoms with E-state index in [9.17, 15) is 14.7 Å². The summed E-state index contributed by atoms with van der Waals surface area (Å²) < 4.78 is 5.55. The molecule has 1 aliphatic rings. The fourth-order valence-corrected chi connectivity index (χ4v) is 2.62. The van der Waals surface area contributed by atoms with Gasteiger partial charge in [0.1, 0.15) is 11.1 Å². The van der Waals surface area contributed by atoms with E-state index in [1.165, 1.54) is 0 Å². The Labute approximate surface area is 121 Å². The standard InChI is InChI=1S/C16H17NO4/c1-9-6-11-8-13(21-12(11)7-10(9)2)14(18)17-16(15(19)20)4-3-5-16/h6-8H,3-5H2,1-2H3,(H,17,18)(H,19,20). The number of fused-ring (bicyclic) bond motifs is 1. The molecule has 21 heavy (non-hydrogen) atoms. The normalized spacial score (nSPS) is 16.5. The molecule has 1 saturated carbocycles. The van der Waals surface area contributed by atoms with Crippen LogP contribution in [-0.2, 0) is 4.79 Å². The van der Waals surface area contributed by atoms with Gasteiger partial charge in [-0.3, -0.25) is 4.79 Å². The Morgan fingerprint density at radius 1 is 1.19 bits per heavy atom. The maximum atomic E-state index is 12.2. The number of hydrogen-bond acceptors (Lipinski definition) is 3. The van der Waals surface area contributed by atoms with Gasteiger partial charge in [0.2, 0.25) is 0 Å². The fraction of sp³-hybridized carbons (Fsp3) is 0.375. The van der Waals surface area contributed by atoms with Gasteiger partial charge in [-0.25, -0.2) is 4.79 Å². The van der Waals surface area contributed by atoms with Crippen LogP contribution in [-0.4, -0.2) is 22.5 Å². The van der Waals surface area contributed by atoms with Gasteiger partial charge >= 0.3 is 5.97 Å². The Kier molecular flexibility index (Phi) is 3.01. The minimum Gasteiger partial charge on any atom is -0.480 e. The van der Waals surface area contributed by atoms with Crippen LogP contribution in [0.2, 0.25) is 0 Å². The molecule has 0 unspecified atom stereocenters. The summed E-state index contributed by atoms with van der Waals surface area (Å²) in [6, 6.07) is 5.50. The zero-order chi connectivity index (χ0) is 15.2. The second-order valence-electron chi connectivity index (χ2n) is 5.78. The Morgan fingerprint density at radius 2 is 1.86 bits per heavy atom. The first-order valence-corrected chi connectivity index (χ1v) is 6.98. The predicted octanol–water partition coefficient (Wildman–Crippen LogP) is 2.79. The largest absolute Gasteiger partial charge is 0.480 e. The SMILES string of the molecule is Cc1cc2cc(C(=O)NC3(C(=O)O)CCC3)oc2cc1C. The van der Waals surface area contributed by atoms with E-state index in [-0.39, 0.29) is 5.76 Å². The van der Waals surface area contributed by atoms with Gasteiger partial charge in [0.25, 0.3) is 5.91 Å². The van der Waals surface area contributed by atoms with E-state index in [0.717, 1.165) is 22.9 Å². The molecule has 5 heteroatoms. The van der Waals surface area contributed by atoms with Crippen LogP contribution < -0.4 is 5.32 Å². The van der Waals surface area contributed by atoms with Crippen LogP contribution in [0.1, 0.15) is 40.9 Å². The lowest BCUT2D eigenvalue weighted by Gasteiger charge is -2.37. The molecule has 110 valence electrons. The van der Waals surface area contributed by atoms with Crippen LogP contribution in [0.5, 0.6) is 0 Å². The minimum atomic E-state index is -1.12. The summed E-state index contributed by atoms with van der Waals surface area (Å²) in [5.74, 6) is -1.30. The lowest BCUT2D eigenvalue weighted by molar-refractivity contribution is -0.148. The molecule has 2 aromatic rings. The van der Waals surface area contributed by atoms with Crippen LogP contribution >= 0.6 is 0 Å². The highest BCUT2D eigenvalue weighted by molar-refractivity contribution is 5.99. The number of carbonyl (C=O) groups excluding carboxylic acids is 1. The predicted molar refractivity (Wildman–Crippen MR) is 77.4 cm³/mol. The number of rotatable bonds is 3. The number of benzene rings is 1. The molecule has 0 radical (unpaired) electrons. The average Bonchev–Trinajstić information content (AvgIpc) is 2.76. The van der Waals surface area contributed by atoms with Crippen molar-refractivity contribution < 1.29 is 19.1 Å². The fourth-order valence-electron chi connectivity index (χ4n) is 2.62. The number of carboxylic acid groups (broad SMARTS) is 1. The summed E-state index contributed by atoms with van der Waals surface area (Å²) in [5.41, 5.74) is 1.73. The van der Waals surface area contributed by atoms with Crippen molar-refractivity contribution in [2.75, 3.05) is 0 Å². The van der Waals surface area contributed by atoms with Crippen molar-refractivity contribution in [2.24, 2.45) is 0 Å². The third kappa shape index (κ3) is 2.18. The molecule has 2 N–H and O–H groups in total. The van der Waals surface area contributed by atoms with Gasteiger partial charge in [-0.2, -0.15) is 0 Å². The first kappa shape index (κ1) is 13.7. The number of amides is 1. The van der Waals surface area contributed by atoms with Crippen molar-refractivity contribution in [2.45, 2.75) is 38.6 Å². The zero-order valence-corrected chi connectivity index (χ0v) is 12.0. The molecule has 0 atom stereocenters. The van der Waals surface area contributed by atoms with E-state index in [2.05, 4.69) is 5.32 Å². The van der Waals surface area contributed by atoms with Gasteiger partial charge in [-0.05, 0) is 62.4 Å². The highest BCUT2D eigenvalue weighted by atomic mass is 16.4. The summed E-state index contributed by atoms with van der Waals surface area (Å²) in [6.45, 7) is 3.97. The van der Waals surface area contributed by atoms with Gasteiger partial charge in [0.15, 0.2) is 5.76 Å². The lowest BCUT2D eigenvalue weighted by Crippen LogP contribution is -2.59. The second-order valence-corrected chi connectivity index (χ2v) is 5.78. The molecule has 1 aromatic heterocycles. The zero-order valence-electron chi connectivity index (χ0n) is 12.0. The highest BCUT2D eigenvalue weighted by Gasteiger charge is 2.46. The van der Waals surface area contributed by atoms with E-state index < -0.39 is 17.4 Å². The van der Waals surface area contributed by atoms with Gasteiger partial charge < -0.3 is 14.8 Å². The van der Waals surface area contributed by atoms with Gasteiger partial charge in [0, 0.05) is 5.39 Å². The van der Waals surface area contributed by atoms with Crippen LogP contribution in [0.25, 0.3) is 11.0 Å². The second kappa shape index (κ2) is 4.62. The van der Waals surface area contributed by atoms with Crippen molar-refractivity contribution in [3.05, 3.63) is 35.1 Å². The summed E-state index contributed by atoms with van der Waals surface area (Å²) in [4.78, 5) is 23.5. The van der Waals surface area contributed by atoms with Crippen molar-refractivity contribution >= 4 is 22.8 Å². The Hall–Kier alpha value is -2.30. The van der Waals surface area contributed by atoms with Crippen molar-refractivity contribution in [3.63, 3.8) is 0 Å². The number of aryl methyl sites for hydroxylation is 2. The molecular weight excluding hydrogens is 270 g/mol. The van der Waals surface area contributed by atoms with E-state index in [0.29, 0.717) is 18.4 Å².